The lowest BCUT2D eigenvalue weighted by Gasteiger charge is -2.11. The minimum absolute atomic E-state index is 0.0650. The van der Waals surface area contributed by atoms with Crippen molar-refractivity contribution in [1.29, 1.82) is 0 Å². The molecular weight excluding hydrogens is 294 g/mol. The summed E-state index contributed by atoms with van der Waals surface area (Å²) in [7, 11) is -10.5. The maximum absolute atomic E-state index is 11.3. The third kappa shape index (κ3) is 12.5. The summed E-state index contributed by atoms with van der Waals surface area (Å²) >= 11 is 0. The third-order valence-corrected chi connectivity index (χ3v) is 3.70. The van der Waals surface area contributed by atoms with E-state index in [4.69, 9.17) is 20.2 Å². The first kappa shape index (κ1) is 12.5. The van der Waals surface area contributed by atoms with Gasteiger partial charge in [0.1, 0.15) is 0 Å². The Hall–Kier alpha value is -0.260. The Bertz CT molecular complexity index is 548. The second kappa shape index (κ2) is 8.12. The van der Waals surface area contributed by atoms with Crippen LogP contribution in [0.4, 0.5) is 0 Å². The van der Waals surface area contributed by atoms with Crippen LogP contribution in [0.25, 0.3) is 0 Å². The lowest BCUT2D eigenvalue weighted by atomic mass is 10.1. The van der Waals surface area contributed by atoms with Crippen molar-refractivity contribution in [2.45, 2.75) is 33.5 Å². The maximum Gasteiger partial charge on any atom is 0.481 e. The van der Waals surface area contributed by atoms with Crippen LogP contribution in [0.15, 0.2) is 23.3 Å². The predicted molar refractivity (Wildman–Crippen MR) is 71.3 cm³/mol. The van der Waals surface area contributed by atoms with Gasteiger partial charge in [-0.1, -0.05) is 23.3 Å². The quantitative estimate of drug-likeness (QED) is 0.465. The Morgan fingerprint density at radius 2 is 2.00 bits per heavy atom. The van der Waals surface area contributed by atoms with E-state index in [1.807, 2.05) is 13.8 Å². The Morgan fingerprint density at radius 1 is 1.37 bits per heavy atom. The van der Waals surface area contributed by atoms with Gasteiger partial charge in [-0.15, -0.1) is 0 Å². The van der Waals surface area contributed by atoms with Crippen molar-refractivity contribution in [3.8, 4) is 0 Å². The van der Waals surface area contributed by atoms with Crippen LogP contribution < -0.4 is 0 Å². The first-order valence-corrected chi connectivity index (χ1v) is 8.20. The van der Waals surface area contributed by atoms with E-state index in [1.54, 1.807) is 6.08 Å². The van der Waals surface area contributed by atoms with Gasteiger partial charge in [-0.2, -0.15) is 4.31 Å². The van der Waals surface area contributed by atoms with Crippen molar-refractivity contribution in [3.63, 3.8) is 0 Å². The van der Waals surface area contributed by atoms with Crippen LogP contribution in [0.5, 0.6) is 0 Å². The number of hydrogen-bond acceptors (Lipinski definition) is 4. The molecule has 2 atom stereocenters. The van der Waals surface area contributed by atoms with Gasteiger partial charge >= 0.3 is 15.6 Å². The monoisotopic (exact) mass is 319 g/mol. The summed E-state index contributed by atoms with van der Waals surface area (Å²) < 4.78 is 59.0. The smallest absolute Gasteiger partial charge is 0.302 e. The van der Waals surface area contributed by atoms with E-state index in [1.165, 1.54) is 0 Å². The first-order valence-electron chi connectivity index (χ1n) is 7.25. The molecule has 0 heterocycles. The van der Waals surface area contributed by atoms with Gasteiger partial charge in [-0.3, -0.25) is 4.52 Å². The minimum atomic E-state index is -5.30. The van der Waals surface area contributed by atoms with Gasteiger partial charge < -0.3 is 14.7 Å². The molecule has 19 heavy (non-hydrogen) atoms. The summed E-state index contributed by atoms with van der Waals surface area (Å²) in [6.45, 7) is -0.825. The molecule has 0 saturated heterocycles. The summed E-state index contributed by atoms with van der Waals surface area (Å²) in [5, 5.41) is 0. The summed E-state index contributed by atoms with van der Waals surface area (Å²) in [6.07, 6.45) is 3.02. The van der Waals surface area contributed by atoms with E-state index in [0.29, 0.717) is 6.42 Å². The molecule has 0 aromatic rings. The molecule has 9 heteroatoms. The summed E-state index contributed by atoms with van der Waals surface area (Å²) in [4.78, 5) is 26.0. The standard InChI is InChI=1S/C10H20O7P2/c1-9(2)5-4-6-10(3)7-8-16-19(14,15)17-18(11,12)13/h5,7H,4,6,8H2,1-3H3,(H,14,15)(H2,11,12,13)/b10-7+/i3D3,8T. The summed E-state index contributed by atoms with van der Waals surface area (Å²) in [6, 6.07) is 0. The average molecular weight is 319 g/mol. The topological polar surface area (TPSA) is 113 Å². The molecule has 0 aromatic carbocycles. The molecular formula is C10H20O7P2. The molecule has 0 fully saturated rings. The molecule has 0 amide bonds. The highest BCUT2D eigenvalue weighted by Crippen LogP contribution is 2.57. The van der Waals surface area contributed by atoms with E-state index < -0.39 is 29.1 Å². The van der Waals surface area contributed by atoms with E-state index in [0.717, 1.165) is 11.6 Å². The zero-order valence-corrected chi connectivity index (χ0v) is 12.3. The zero-order chi connectivity index (χ0) is 18.5. The highest BCUT2D eigenvalue weighted by Gasteiger charge is 2.31. The Balaban J connectivity index is 5.07. The number of phosphoric acid groups is 2. The molecule has 0 aliphatic heterocycles. The van der Waals surface area contributed by atoms with Gasteiger partial charge in [0.05, 0.1) is 7.95 Å². The second-order valence-electron chi connectivity index (χ2n) is 3.79. The first-order chi connectivity index (χ1) is 10.1. The van der Waals surface area contributed by atoms with Crippen LogP contribution in [-0.4, -0.2) is 21.3 Å². The van der Waals surface area contributed by atoms with E-state index >= 15 is 0 Å². The molecule has 0 spiro atoms. The molecule has 0 rings (SSSR count). The third-order valence-electron chi connectivity index (χ3n) is 1.64. The van der Waals surface area contributed by atoms with Crippen molar-refractivity contribution in [1.82, 2.24) is 0 Å². The van der Waals surface area contributed by atoms with Crippen molar-refractivity contribution in [3.05, 3.63) is 23.3 Å². The molecule has 0 saturated carbocycles. The van der Waals surface area contributed by atoms with Crippen LogP contribution in [0.3, 0.4) is 0 Å². The Kier molecular flexibility index (Phi) is 5.33. The summed E-state index contributed by atoms with van der Waals surface area (Å²) in [5.74, 6) is 0. The Morgan fingerprint density at radius 3 is 2.47 bits per heavy atom. The molecule has 0 radical (unpaired) electrons. The van der Waals surface area contributed by atoms with E-state index in [-0.39, 0.29) is 12.0 Å². The molecule has 2 unspecified atom stereocenters. The highest BCUT2D eigenvalue weighted by atomic mass is 31.3. The number of phosphoric ester groups is 1. The summed E-state index contributed by atoms with van der Waals surface area (Å²) in [5.41, 5.74) is 0.801. The van der Waals surface area contributed by atoms with Gasteiger partial charge in [0.25, 0.3) is 0 Å². The van der Waals surface area contributed by atoms with Gasteiger partial charge in [0.15, 0.2) is 0 Å². The van der Waals surface area contributed by atoms with E-state index in [2.05, 4.69) is 8.83 Å². The van der Waals surface area contributed by atoms with Gasteiger partial charge in [0, 0.05) is 4.11 Å². The molecule has 3 N–H and O–H groups in total. The fourth-order valence-corrected chi connectivity index (χ4v) is 2.39. The fraction of sp³-hybridized carbons (Fsp3) is 0.600. The lowest BCUT2D eigenvalue weighted by molar-refractivity contribution is 0.191. The molecule has 0 aliphatic rings. The number of allylic oxidation sites excluding steroid dienone is 3. The largest absolute Gasteiger partial charge is 0.481 e. The van der Waals surface area contributed by atoms with Crippen molar-refractivity contribution in [2.75, 3.05) is 6.58 Å². The fourth-order valence-electron chi connectivity index (χ4n) is 0.943. The van der Waals surface area contributed by atoms with Crippen LogP contribution in [0, 0.1) is 0 Å². The molecule has 0 aromatic heterocycles. The normalized spacial score (nSPS) is 21.4. The van der Waals surface area contributed by atoms with Gasteiger partial charge in [0.2, 0.25) is 0 Å². The van der Waals surface area contributed by atoms with Crippen LogP contribution >= 0.6 is 15.6 Å². The molecule has 0 bridgehead atoms. The lowest BCUT2D eigenvalue weighted by Crippen LogP contribution is -1.94. The van der Waals surface area contributed by atoms with Crippen LogP contribution in [-0.2, 0) is 18.0 Å². The average Bonchev–Trinajstić information content (AvgIpc) is 2.20. The zero-order valence-electron chi connectivity index (χ0n) is 14.5. The van der Waals surface area contributed by atoms with Crippen molar-refractivity contribution < 1.29 is 38.1 Å². The van der Waals surface area contributed by atoms with E-state index in [9.17, 15) is 9.13 Å². The number of hydrogen-bond donors (Lipinski definition) is 3. The second-order valence-corrected chi connectivity index (χ2v) is 6.58. The Labute approximate surface area is 118 Å². The van der Waals surface area contributed by atoms with Crippen molar-refractivity contribution >= 4 is 15.6 Å². The van der Waals surface area contributed by atoms with Crippen molar-refractivity contribution in [2.24, 2.45) is 0 Å². The molecule has 0 aliphatic carbocycles. The van der Waals surface area contributed by atoms with Gasteiger partial charge in [-0.05, 0) is 33.5 Å². The number of rotatable bonds is 8. The van der Waals surface area contributed by atoms with Crippen LogP contribution in [0.2, 0.25) is 0 Å². The maximum atomic E-state index is 11.3. The molecule has 7 nitrogen and oxygen atoms in total. The highest BCUT2D eigenvalue weighted by molar-refractivity contribution is 7.60. The molecule has 112 valence electrons. The minimum Gasteiger partial charge on any atom is -0.302 e. The van der Waals surface area contributed by atoms with Crippen LogP contribution in [0.1, 0.15) is 39.0 Å². The predicted octanol–water partition coefficient (Wildman–Crippen LogP) is 2.91. The SMILES string of the molecule is [2H]C([2H])([2H])/C(=C\C([3H])OP(=O)(O)OP(=O)(O)O)CCC=C(C)C. The van der Waals surface area contributed by atoms with Gasteiger partial charge in [-0.25, -0.2) is 9.13 Å².